The second-order valence-electron chi connectivity index (χ2n) is 15.1. The first-order valence-corrected chi connectivity index (χ1v) is 19.1. The maximum Gasteiger partial charge on any atom is 0.342 e. The monoisotopic (exact) mass is 723 g/mol. The van der Waals surface area contributed by atoms with E-state index >= 15 is 0 Å². The highest BCUT2D eigenvalue weighted by Crippen LogP contribution is 2.68. The Morgan fingerprint density at radius 2 is 1.70 bits per heavy atom. The Hall–Kier alpha value is -2.72. The number of hydrogen-bond acceptors (Lipinski definition) is 12. The number of fused-ring (bicyclic) bond motifs is 2. The van der Waals surface area contributed by atoms with Crippen LogP contribution in [0.4, 0.5) is 0 Å². The van der Waals surface area contributed by atoms with Crippen molar-refractivity contribution in [1.29, 1.82) is 0 Å². The van der Waals surface area contributed by atoms with Crippen LogP contribution in [0.3, 0.4) is 0 Å². The first kappa shape index (κ1) is 38.5. The molecule has 2 saturated carbocycles. The molecule has 1 aromatic rings. The van der Waals surface area contributed by atoms with E-state index in [0.29, 0.717) is 30.2 Å². The van der Waals surface area contributed by atoms with Crippen LogP contribution < -0.4 is 15.9 Å². The van der Waals surface area contributed by atoms with E-state index in [2.05, 4.69) is 27.1 Å². The number of rotatable bonds is 15. The van der Waals surface area contributed by atoms with Crippen molar-refractivity contribution < 1.29 is 43.1 Å². The smallest absolute Gasteiger partial charge is 0.342 e. The normalized spacial score (nSPS) is 32.4. The molecule has 5 rings (SSSR count). The Balaban J connectivity index is 1.39. The summed E-state index contributed by atoms with van der Waals surface area (Å²) in [5, 5.41) is 29.2. The summed E-state index contributed by atoms with van der Waals surface area (Å²) >= 11 is 0. The van der Waals surface area contributed by atoms with E-state index in [1.807, 2.05) is 32.3 Å². The number of imidazole rings is 1. The van der Waals surface area contributed by atoms with Crippen molar-refractivity contribution in [2.75, 3.05) is 20.8 Å². The van der Waals surface area contributed by atoms with Crippen molar-refractivity contribution in [1.82, 2.24) is 19.7 Å². The molecule has 0 amide bonds. The molecule has 3 heterocycles. The van der Waals surface area contributed by atoms with Crippen LogP contribution in [0.1, 0.15) is 103 Å². The van der Waals surface area contributed by atoms with Crippen LogP contribution in [0.15, 0.2) is 16.3 Å². The fourth-order valence-corrected chi connectivity index (χ4v) is 9.06. The highest BCUT2D eigenvalue weighted by molar-refractivity contribution is 7.54. The number of nitrogens with zero attached hydrogens (tertiary/aromatic N) is 4. The highest BCUT2D eigenvalue weighted by Gasteiger charge is 2.85. The Kier molecular flexibility index (Phi) is 11.3. The Labute approximate surface area is 293 Å². The molecule has 6 N–H and O–H groups in total. The van der Waals surface area contributed by atoms with Crippen LogP contribution in [0.25, 0.3) is 0 Å². The number of aliphatic hydroxyl groups excluding tert-OH is 1. The molecule has 0 bridgehead atoms. The minimum atomic E-state index is -4.25. The molecule has 4 aliphatic rings. The number of carbonyl (C=O) groups is 2. The standard InChI is InChI=1S/C33H54N7O9P/c1-17(2)13-21(29(42)46-7)38-50(45,39-22(14-18(3)4)30(43)47-8)48-15-23-27(41)33(44)31(32(33,6)49-23)40-16-35-25-26(40)19(5)9-12-24(34)37-28(25)36-20-10-11-20/h16-23,27,31,41,44H,9-15H2,1-8H3,(H2,34,36,37)(H2,38,39,45). The summed E-state index contributed by atoms with van der Waals surface area (Å²) in [6.07, 6.45) is 2.81. The number of aliphatic hydroxyl groups is 2. The van der Waals surface area contributed by atoms with E-state index in [1.165, 1.54) is 14.2 Å². The second-order valence-corrected chi connectivity index (χ2v) is 16.9. The van der Waals surface area contributed by atoms with Crippen molar-refractivity contribution in [3.63, 3.8) is 0 Å². The number of nitrogens with two attached hydrogens (primary N) is 1. The van der Waals surface area contributed by atoms with E-state index < -0.39 is 67.8 Å². The first-order valence-electron chi connectivity index (χ1n) is 17.5. The Bertz CT molecular complexity index is 1510. The fourth-order valence-electron chi connectivity index (χ4n) is 7.24. The number of aliphatic imine (C=N–C) groups is 2. The van der Waals surface area contributed by atoms with E-state index in [1.54, 1.807) is 13.3 Å². The number of amidine groups is 2. The van der Waals surface area contributed by atoms with E-state index in [9.17, 15) is 24.4 Å². The molecule has 3 fully saturated rings. The number of ether oxygens (including phenoxy) is 3. The van der Waals surface area contributed by atoms with Crippen LogP contribution in [0, 0.1) is 11.8 Å². The van der Waals surface area contributed by atoms with E-state index in [-0.39, 0.29) is 36.6 Å². The molecule has 0 spiro atoms. The maximum atomic E-state index is 14.5. The molecule has 2 aliphatic carbocycles. The van der Waals surface area contributed by atoms with Gasteiger partial charge in [-0.05, 0) is 56.8 Å². The highest BCUT2D eigenvalue weighted by atomic mass is 31.2. The van der Waals surface area contributed by atoms with Crippen molar-refractivity contribution >= 4 is 31.3 Å². The molecule has 8 unspecified atom stereocenters. The van der Waals surface area contributed by atoms with Gasteiger partial charge >= 0.3 is 19.6 Å². The van der Waals surface area contributed by atoms with Gasteiger partial charge in [-0.15, -0.1) is 0 Å². The predicted molar refractivity (Wildman–Crippen MR) is 185 cm³/mol. The number of hydrogen-bond donors (Lipinski definition) is 5. The molecule has 8 atom stereocenters. The largest absolute Gasteiger partial charge is 0.468 e. The van der Waals surface area contributed by atoms with Gasteiger partial charge in [0.25, 0.3) is 0 Å². The topological polar surface area (TPSA) is 221 Å². The Morgan fingerprint density at radius 1 is 1.12 bits per heavy atom. The lowest BCUT2D eigenvalue weighted by atomic mass is 9.97. The summed E-state index contributed by atoms with van der Waals surface area (Å²) in [7, 11) is -1.79. The second kappa shape index (κ2) is 14.7. The zero-order chi connectivity index (χ0) is 36.8. The fraction of sp³-hybridized carbons (Fsp3) is 0.788. The number of aromatic nitrogens is 2. The maximum absolute atomic E-state index is 14.5. The van der Waals surface area contributed by atoms with Gasteiger partial charge in [0.15, 0.2) is 5.84 Å². The molecular formula is C33H54N7O9P. The molecule has 0 aromatic carbocycles. The van der Waals surface area contributed by atoms with Crippen molar-refractivity contribution in [2.24, 2.45) is 27.6 Å². The van der Waals surface area contributed by atoms with Crippen molar-refractivity contribution in [3.05, 3.63) is 17.7 Å². The van der Waals surface area contributed by atoms with Gasteiger partial charge in [-0.3, -0.25) is 19.1 Å². The molecule has 1 saturated heterocycles. The van der Waals surface area contributed by atoms with Crippen LogP contribution in [-0.4, -0.2) is 106 Å². The summed E-state index contributed by atoms with van der Waals surface area (Å²) in [6.45, 7) is 10.9. The van der Waals surface area contributed by atoms with Gasteiger partial charge in [0.1, 0.15) is 53.1 Å². The van der Waals surface area contributed by atoms with Crippen molar-refractivity contribution in [3.8, 4) is 0 Å². The minimum absolute atomic E-state index is 0.0101. The SMILES string of the molecule is COC(=O)C(CC(C)C)NP(=O)(NC(CC(C)C)C(=O)OC)OCC1OC2(C)C(n3cnc4c3C(C)CCC(N)=NC4=NC3CC3)C2(O)C1O. The molecule has 17 heteroatoms. The van der Waals surface area contributed by atoms with Gasteiger partial charge in [0, 0.05) is 6.42 Å². The summed E-state index contributed by atoms with van der Waals surface area (Å²) in [5.41, 5.74) is 4.62. The van der Waals surface area contributed by atoms with Crippen LogP contribution in [-0.2, 0) is 32.9 Å². The summed E-state index contributed by atoms with van der Waals surface area (Å²) in [5.74, 6) is -0.338. The number of carbonyl (C=O) groups excluding carboxylic acids is 2. The number of methoxy groups -OCH3 is 2. The summed E-state index contributed by atoms with van der Waals surface area (Å²) in [4.78, 5) is 39.5. The lowest BCUT2D eigenvalue weighted by Gasteiger charge is -2.31. The molecular weight excluding hydrogens is 669 g/mol. The molecule has 2 aliphatic heterocycles. The molecule has 1 aromatic heterocycles. The lowest BCUT2D eigenvalue weighted by molar-refractivity contribution is -0.143. The van der Waals surface area contributed by atoms with Crippen LogP contribution in [0.5, 0.6) is 0 Å². The van der Waals surface area contributed by atoms with Crippen LogP contribution >= 0.6 is 7.67 Å². The average Bonchev–Trinajstić information content (AvgIpc) is 3.87. The third-order valence-corrected chi connectivity index (χ3v) is 11.8. The number of nitrogens with one attached hydrogen (secondary N) is 2. The quantitative estimate of drug-likeness (QED) is 0.130. The van der Waals surface area contributed by atoms with Crippen LogP contribution in [0.2, 0.25) is 0 Å². The first-order chi connectivity index (χ1) is 23.5. The molecule has 50 heavy (non-hydrogen) atoms. The van der Waals surface area contributed by atoms with Crippen molar-refractivity contribution in [2.45, 2.75) is 134 Å². The van der Waals surface area contributed by atoms with Gasteiger partial charge < -0.3 is 39.2 Å². The predicted octanol–water partition coefficient (Wildman–Crippen LogP) is 2.33. The van der Waals surface area contributed by atoms with Gasteiger partial charge in [0.2, 0.25) is 0 Å². The summed E-state index contributed by atoms with van der Waals surface area (Å²) < 4.78 is 38.5. The third kappa shape index (κ3) is 7.57. The van der Waals surface area contributed by atoms with Gasteiger partial charge in [-0.1, -0.05) is 34.6 Å². The zero-order valence-electron chi connectivity index (χ0n) is 30.3. The minimum Gasteiger partial charge on any atom is -0.468 e. The van der Waals surface area contributed by atoms with Gasteiger partial charge in [0.05, 0.1) is 38.9 Å². The molecule has 16 nitrogen and oxygen atoms in total. The van der Waals surface area contributed by atoms with E-state index in [0.717, 1.165) is 18.5 Å². The molecule has 0 radical (unpaired) electrons. The van der Waals surface area contributed by atoms with E-state index in [4.69, 9.17) is 29.5 Å². The lowest BCUT2D eigenvalue weighted by Crippen LogP contribution is -2.46. The van der Waals surface area contributed by atoms with Gasteiger partial charge in [-0.25, -0.2) is 20.2 Å². The third-order valence-electron chi connectivity index (χ3n) is 10.0. The zero-order valence-corrected chi connectivity index (χ0v) is 31.2. The van der Waals surface area contributed by atoms with Gasteiger partial charge in [-0.2, -0.15) is 0 Å². The molecule has 280 valence electrons. The number of esters is 2. The average molecular weight is 724 g/mol. The summed E-state index contributed by atoms with van der Waals surface area (Å²) in [6, 6.07) is -2.60. The Morgan fingerprint density at radius 3 is 2.18 bits per heavy atom.